The predicted molar refractivity (Wildman–Crippen MR) is 37.7 cm³/mol. The Kier molecular flexibility index (Phi) is 1.67. The third kappa shape index (κ3) is 1.39. The highest BCUT2D eigenvalue weighted by Gasteiger charge is 2.19. The van der Waals surface area contributed by atoms with Gasteiger partial charge in [-0.2, -0.15) is 0 Å². The normalized spacial score (nSPS) is 33.1. The van der Waals surface area contributed by atoms with Gasteiger partial charge in [0, 0.05) is 18.2 Å². The fourth-order valence-electron chi connectivity index (χ4n) is 0.753. The molecule has 0 aliphatic carbocycles. The average Bonchev–Trinajstić information content (AvgIpc) is 1.90. The van der Waals surface area contributed by atoms with Crippen LogP contribution in [-0.2, 0) is 0 Å². The number of dihydropyridines is 1. The van der Waals surface area contributed by atoms with Crippen molar-refractivity contribution in [3.05, 3.63) is 12.2 Å². The minimum absolute atomic E-state index is 0.102. The van der Waals surface area contributed by atoms with Crippen LogP contribution in [0.25, 0.3) is 0 Å². The molecule has 1 aliphatic rings. The number of allylic oxidation sites excluding steroid dienone is 1. The molecular formula is C7H11NO. The first kappa shape index (κ1) is 6.49. The second-order valence-electron chi connectivity index (χ2n) is 2.66. The topological polar surface area (TPSA) is 32.6 Å². The third-order valence-electron chi connectivity index (χ3n) is 1.50. The average molecular weight is 125 g/mol. The first-order valence-electron chi connectivity index (χ1n) is 3.05. The van der Waals surface area contributed by atoms with Crippen LogP contribution in [-0.4, -0.2) is 24.5 Å². The zero-order valence-corrected chi connectivity index (χ0v) is 5.54. The molecule has 50 valence electrons. The molecule has 0 saturated carbocycles. The standard InChI is InChI=1S/C7H11NO/c1-7(6-9)3-2-4-8-5-7/h2-4,9H,5-6H2,1H3. The molecule has 0 radical (unpaired) electrons. The highest BCUT2D eigenvalue weighted by atomic mass is 16.3. The predicted octanol–water partition coefficient (Wildman–Crippen LogP) is 0.626. The SMILES string of the molecule is CC1(CO)C=CC=NC1. The zero-order chi connectivity index (χ0) is 6.74. The van der Waals surface area contributed by atoms with E-state index < -0.39 is 0 Å². The Labute approximate surface area is 54.9 Å². The monoisotopic (exact) mass is 125 g/mol. The van der Waals surface area contributed by atoms with Gasteiger partial charge in [0.05, 0.1) is 6.61 Å². The van der Waals surface area contributed by atoms with Crippen LogP contribution >= 0.6 is 0 Å². The molecule has 0 aromatic carbocycles. The van der Waals surface area contributed by atoms with E-state index in [-0.39, 0.29) is 12.0 Å². The smallest absolute Gasteiger partial charge is 0.0537 e. The van der Waals surface area contributed by atoms with Crippen LogP contribution < -0.4 is 0 Å². The summed E-state index contributed by atoms with van der Waals surface area (Å²) < 4.78 is 0. The second kappa shape index (κ2) is 2.31. The Balaban J connectivity index is 2.63. The summed E-state index contributed by atoms with van der Waals surface area (Å²) in [6, 6.07) is 0. The summed E-state index contributed by atoms with van der Waals surface area (Å²) in [6.07, 6.45) is 5.62. The van der Waals surface area contributed by atoms with Gasteiger partial charge < -0.3 is 5.11 Å². The van der Waals surface area contributed by atoms with Crippen LogP contribution in [0.1, 0.15) is 6.92 Å². The van der Waals surface area contributed by atoms with Gasteiger partial charge in [0.15, 0.2) is 0 Å². The van der Waals surface area contributed by atoms with Crippen molar-refractivity contribution in [2.24, 2.45) is 10.4 Å². The van der Waals surface area contributed by atoms with Crippen LogP contribution in [0.2, 0.25) is 0 Å². The molecule has 0 amide bonds. The molecule has 2 nitrogen and oxygen atoms in total. The number of hydrogen-bond acceptors (Lipinski definition) is 2. The van der Waals surface area contributed by atoms with Crippen molar-refractivity contribution in [2.45, 2.75) is 6.92 Å². The van der Waals surface area contributed by atoms with Crippen molar-refractivity contribution in [3.8, 4) is 0 Å². The third-order valence-corrected chi connectivity index (χ3v) is 1.50. The Hall–Kier alpha value is -0.630. The molecule has 1 rings (SSSR count). The zero-order valence-electron chi connectivity index (χ0n) is 5.54. The van der Waals surface area contributed by atoms with Gasteiger partial charge in [-0.25, -0.2) is 0 Å². The number of hydrogen-bond donors (Lipinski definition) is 1. The van der Waals surface area contributed by atoms with Crippen molar-refractivity contribution in [3.63, 3.8) is 0 Å². The maximum absolute atomic E-state index is 8.83. The van der Waals surface area contributed by atoms with E-state index in [1.165, 1.54) is 0 Å². The highest BCUT2D eigenvalue weighted by molar-refractivity contribution is 5.72. The van der Waals surface area contributed by atoms with Crippen molar-refractivity contribution in [1.29, 1.82) is 0 Å². The Bertz CT molecular complexity index is 151. The second-order valence-corrected chi connectivity index (χ2v) is 2.66. The number of rotatable bonds is 1. The van der Waals surface area contributed by atoms with Crippen LogP contribution in [0.5, 0.6) is 0 Å². The summed E-state index contributed by atoms with van der Waals surface area (Å²) >= 11 is 0. The minimum Gasteiger partial charge on any atom is -0.395 e. The molecule has 1 N–H and O–H groups in total. The molecule has 0 saturated heterocycles. The summed E-state index contributed by atoms with van der Waals surface area (Å²) in [7, 11) is 0. The van der Waals surface area contributed by atoms with Crippen LogP contribution in [0.4, 0.5) is 0 Å². The molecule has 1 unspecified atom stereocenters. The Morgan fingerprint density at radius 3 is 2.89 bits per heavy atom. The maximum Gasteiger partial charge on any atom is 0.0537 e. The van der Waals surface area contributed by atoms with E-state index in [2.05, 4.69) is 4.99 Å². The number of aliphatic hydroxyl groups excluding tert-OH is 1. The van der Waals surface area contributed by atoms with Crippen molar-refractivity contribution in [1.82, 2.24) is 0 Å². The minimum atomic E-state index is -0.102. The quantitative estimate of drug-likeness (QED) is 0.547. The van der Waals surface area contributed by atoms with Crippen LogP contribution in [0.15, 0.2) is 17.1 Å². The largest absolute Gasteiger partial charge is 0.395 e. The Morgan fingerprint density at radius 2 is 2.56 bits per heavy atom. The van der Waals surface area contributed by atoms with Gasteiger partial charge in [-0.3, -0.25) is 4.99 Å². The molecule has 0 bridgehead atoms. The van der Waals surface area contributed by atoms with E-state index in [0.29, 0.717) is 6.54 Å². The summed E-state index contributed by atoms with van der Waals surface area (Å²) in [4.78, 5) is 4.03. The van der Waals surface area contributed by atoms with Gasteiger partial charge >= 0.3 is 0 Å². The number of nitrogens with zero attached hydrogens (tertiary/aromatic N) is 1. The molecule has 9 heavy (non-hydrogen) atoms. The van der Waals surface area contributed by atoms with Crippen molar-refractivity contribution in [2.75, 3.05) is 13.2 Å². The van der Waals surface area contributed by atoms with Gasteiger partial charge in [-0.15, -0.1) is 0 Å². The highest BCUT2D eigenvalue weighted by Crippen LogP contribution is 2.19. The molecular weight excluding hydrogens is 114 g/mol. The van der Waals surface area contributed by atoms with Gasteiger partial charge in [0.2, 0.25) is 0 Å². The van der Waals surface area contributed by atoms with E-state index >= 15 is 0 Å². The molecule has 0 fully saturated rings. The summed E-state index contributed by atoms with van der Waals surface area (Å²) in [5, 5.41) is 8.83. The van der Waals surface area contributed by atoms with Gasteiger partial charge in [0.25, 0.3) is 0 Å². The first-order chi connectivity index (χ1) is 4.27. The van der Waals surface area contributed by atoms with Crippen molar-refractivity contribution >= 4 is 6.21 Å². The lowest BCUT2D eigenvalue weighted by atomic mass is 9.90. The molecule has 0 aromatic rings. The van der Waals surface area contributed by atoms with Gasteiger partial charge in [-0.1, -0.05) is 13.0 Å². The first-order valence-corrected chi connectivity index (χ1v) is 3.05. The molecule has 1 heterocycles. The lowest BCUT2D eigenvalue weighted by molar-refractivity contribution is 0.190. The molecule has 0 spiro atoms. The van der Waals surface area contributed by atoms with Gasteiger partial charge in [0.1, 0.15) is 0 Å². The maximum atomic E-state index is 8.83. The molecule has 1 atom stereocenters. The lowest BCUT2D eigenvalue weighted by Crippen LogP contribution is -2.23. The Morgan fingerprint density at radius 1 is 1.78 bits per heavy atom. The van der Waals surface area contributed by atoms with Crippen LogP contribution in [0.3, 0.4) is 0 Å². The number of aliphatic imine (C=N–C) groups is 1. The summed E-state index contributed by atoms with van der Waals surface area (Å²) in [5.74, 6) is 0. The van der Waals surface area contributed by atoms with E-state index in [9.17, 15) is 0 Å². The molecule has 0 aromatic heterocycles. The fraction of sp³-hybridized carbons (Fsp3) is 0.571. The lowest BCUT2D eigenvalue weighted by Gasteiger charge is -2.21. The van der Waals surface area contributed by atoms with E-state index in [0.717, 1.165) is 0 Å². The van der Waals surface area contributed by atoms with Gasteiger partial charge in [-0.05, 0) is 6.08 Å². The van der Waals surface area contributed by atoms with E-state index in [1.807, 2.05) is 19.1 Å². The van der Waals surface area contributed by atoms with Crippen molar-refractivity contribution < 1.29 is 5.11 Å². The summed E-state index contributed by atoms with van der Waals surface area (Å²) in [6.45, 7) is 2.88. The molecule has 1 aliphatic heterocycles. The summed E-state index contributed by atoms with van der Waals surface area (Å²) in [5.41, 5.74) is -0.102. The van der Waals surface area contributed by atoms with E-state index in [4.69, 9.17) is 5.11 Å². The number of aliphatic hydroxyl groups is 1. The fourth-order valence-corrected chi connectivity index (χ4v) is 0.753. The molecule has 2 heteroatoms. The van der Waals surface area contributed by atoms with Crippen LogP contribution in [0, 0.1) is 5.41 Å². The van der Waals surface area contributed by atoms with E-state index in [1.54, 1.807) is 6.21 Å².